The number of aromatic nitrogens is 1. The molecule has 3 aromatic rings. The highest BCUT2D eigenvalue weighted by Crippen LogP contribution is 2.22. The largest absolute Gasteiger partial charge is 0.256 e. The van der Waals surface area contributed by atoms with Gasteiger partial charge in [0.2, 0.25) is 0 Å². The fraction of sp³-hybridized carbons (Fsp3) is 0.105. The number of nitrogens with zero attached hydrogens (tertiary/aromatic N) is 1. The van der Waals surface area contributed by atoms with Gasteiger partial charge in [-0.3, -0.25) is 4.98 Å². The van der Waals surface area contributed by atoms with Crippen molar-refractivity contribution in [1.82, 2.24) is 4.98 Å². The van der Waals surface area contributed by atoms with Gasteiger partial charge >= 0.3 is 0 Å². The fourth-order valence-electron chi connectivity index (χ4n) is 2.37. The molecule has 0 saturated carbocycles. The Morgan fingerprint density at radius 3 is 2.40 bits per heavy atom. The SMILES string of the molecule is Cc1ccc(-c2ccccn2)cc1Cc1ccccc1. The lowest BCUT2D eigenvalue weighted by atomic mass is 9.97. The van der Waals surface area contributed by atoms with Crippen molar-refractivity contribution in [2.24, 2.45) is 0 Å². The predicted octanol–water partition coefficient (Wildman–Crippen LogP) is 4.65. The van der Waals surface area contributed by atoms with Crippen LogP contribution in [0.15, 0.2) is 72.9 Å². The zero-order valence-corrected chi connectivity index (χ0v) is 11.6. The van der Waals surface area contributed by atoms with Crippen LogP contribution in [0.3, 0.4) is 0 Å². The van der Waals surface area contributed by atoms with Gasteiger partial charge in [-0.05, 0) is 48.2 Å². The number of rotatable bonds is 3. The Hall–Kier alpha value is -2.41. The van der Waals surface area contributed by atoms with Crippen LogP contribution >= 0.6 is 0 Å². The van der Waals surface area contributed by atoms with Crippen LogP contribution in [0.2, 0.25) is 0 Å². The van der Waals surface area contributed by atoms with Crippen LogP contribution in [0.5, 0.6) is 0 Å². The number of pyridine rings is 1. The van der Waals surface area contributed by atoms with E-state index in [-0.39, 0.29) is 0 Å². The second-order valence-corrected chi connectivity index (χ2v) is 5.02. The summed E-state index contributed by atoms with van der Waals surface area (Å²) < 4.78 is 0. The number of hydrogen-bond donors (Lipinski definition) is 0. The maximum Gasteiger partial charge on any atom is 0.0702 e. The third-order valence-corrected chi connectivity index (χ3v) is 3.55. The molecule has 0 amide bonds. The van der Waals surface area contributed by atoms with Crippen molar-refractivity contribution in [3.8, 4) is 11.3 Å². The summed E-state index contributed by atoms with van der Waals surface area (Å²) in [6.45, 7) is 2.17. The van der Waals surface area contributed by atoms with E-state index in [1.165, 1.54) is 22.3 Å². The second-order valence-electron chi connectivity index (χ2n) is 5.02. The van der Waals surface area contributed by atoms with Crippen LogP contribution in [-0.2, 0) is 6.42 Å². The summed E-state index contributed by atoms with van der Waals surface area (Å²) in [5, 5.41) is 0. The lowest BCUT2D eigenvalue weighted by Gasteiger charge is -2.09. The van der Waals surface area contributed by atoms with Gasteiger partial charge in [-0.15, -0.1) is 0 Å². The molecule has 0 bridgehead atoms. The van der Waals surface area contributed by atoms with Crippen LogP contribution in [0.25, 0.3) is 11.3 Å². The van der Waals surface area contributed by atoms with Gasteiger partial charge < -0.3 is 0 Å². The molecule has 0 atom stereocenters. The first kappa shape index (κ1) is 12.6. The highest BCUT2D eigenvalue weighted by atomic mass is 14.7. The summed E-state index contributed by atoms with van der Waals surface area (Å²) in [5.41, 5.74) is 6.24. The van der Waals surface area contributed by atoms with Crippen molar-refractivity contribution in [1.29, 1.82) is 0 Å². The summed E-state index contributed by atoms with van der Waals surface area (Å²) in [4.78, 5) is 4.43. The summed E-state index contributed by atoms with van der Waals surface area (Å²) in [7, 11) is 0. The van der Waals surface area contributed by atoms with Gasteiger partial charge in [-0.2, -0.15) is 0 Å². The quantitative estimate of drug-likeness (QED) is 0.667. The number of benzene rings is 2. The first-order valence-corrected chi connectivity index (χ1v) is 6.88. The monoisotopic (exact) mass is 259 g/mol. The van der Waals surface area contributed by atoms with E-state index in [4.69, 9.17) is 0 Å². The Balaban J connectivity index is 1.95. The van der Waals surface area contributed by atoms with E-state index in [2.05, 4.69) is 66.5 Å². The van der Waals surface area contributed by atoms with Crippen molar-refractivity contribution < 1.29 is 0 Å². The highest BCUT2D eigenvalue weighted by molar-refractivity contribution is 5.61. The first-order valence-electron chi connectivity index (χ1n) is 6.88. The summed E-state index contributed by atoms with van der Waals surface area (Å²) in [6.07, 6.45) is 2.80. The van der Waals surface area contributed by atoms with Gasteiger partial charge in [0, 0.05) is 11.8 Å². The van der Waals surface area contributed by atoms with Crippen LogP contribution in [0.4, 0.5) is 0 Å². The molecule has 0 N–H and O–H groups in total. The molecule has 0 saturated heterocycles. The van der Waals surface area contributed by atoms with Gasteiger partial charge in [0.15, 0.2) is 0 Å². The van der Waals surface area contributed by atoms with Crippen molar-refractivity contribution in [2.75, 3.05) is 0 Å². The van der Waals surface area contributed by atoms with Crippen molar-refractivity contribution >= 4 is 0 Å². The lowest BCUT2D eigenvalue weighted by molar-refractivity contribution is 1.15. The molecule has 2 aromatic carbocycles. The minimum absolute atomic E-state index is 0.966. The molecule has 3 rings (SSSR count). The summed E-state index contributed by atoms with van der Waals surface area (Å²) in [6, 6.07) is 23.2. The first-order chi connectivity index (χ1) is 9.83. The van der Waals surface area contributed by atoms with E-state index in [0.717, 1.165) is 12.1 Å². The molecule has 0 aliphatic carbocycles. The van der Waals surface area contributed by atoms with Crippen molar-refractivity contribution in [3.05, 3.63) is 89.6 Å². The second kappa shape index (κ2) is 5.70. The highest BCUT2D eigenvalue weighted by Gasteiger charge is 2.04. The zero-order valence-electron chi connectivity index (χ0n) is 11.6. The topological polar surface area (TPSA) is 12.9 Å². The molecule has 0 fully saturated rings. The number of aryl methyl sites for hydroxylation is 1. The van der Waals surface area contributed by atoms with Crippen LogP contribution in [0, 0.1) is 6.92 Å². The molecule has 1 aromatic heterocycles. The molecule has 20 heavy (non-hydrogen) atoms. The molecular weight excluding hydrogens is 242 g/mol. The predicted molar refractivity (Wildman–Crippen MR) is 83.7 cm³/mol. The Bertz CT molecular complexity index is 687. The van der Waals surface area contributed by atoms with E-state index < -0.39 is 0 Å². The van der Waals surface area contributed by atoms with Gasteiger partial charge in [0.25, 0.3) is 0 Å². The fourth-order valence-corrected chi connectivity index (χ4v) is 2.37. The van der Waals surface area contributed by atoms with E-state index in [1.54, 1.807) is 0 Å². The molecule has 0 radical (unpaired) electrons. The van der Waals surface area contributed by atoms with E-state index in [0.29, 0.717) is 0 Å². The normalized spacial score (nSPS) is 10.4. The molecule has 0 aliphatic rings. The lowest BCUT2D eigenvalue weighted by Crippen LogP contribution is -1.93. The van der Waals surface area contributed by atoms with E-state index >= 15 is 0 Å². The van der Waals surface area contributed by atoms with E-state index in [1.807, 2.05) is 18.3 Å². The Labute approximate surface area is 119 Å². The zero-order chi connectivity index (χ0) is 13.8. The van der Waals surface area contributed by atoms with Crippen LogP contribution in [0.1, 0.15) is 16.7 Å². The molecular formula is C19H17N. The van der Waals surface area contributed by atoms with Crippen molar-refractivity contribution in [3.63, 3.8) is 0 Å². The maximum absolute atomic E-state index is 4.43. The Morgan fingerprint density at radius 1 is 0.850 bits per heavy atom. The summed E-state index contributed by atoms with van der Waals surface area (Å²) in [5.74, 6) is 0. The number of hydrogen-bond acceptors (Lipinski definition) is 1. The van der Waals surface area contributed by atoms with Gasteiger partial charge in [0.1, 0.15) is 0 Å². The Morgan fingerprint density at radius 2 is 1.65 bits per heavy atom. The minimum Gasteiger partial charge on any atom is -0.256 e. The van der Waals surface area contributed by atoms with Gasteiger partial charge in [0.05, 0.1) is 5.69 Å². The molecule has 0 unspecified atom stereocenters. The molecule has 0 aliphatic heterocycles. The third kappa shape index (κ3) is 2.77. The maximum atomic E-state index is 4.43. The smallest absolute Gasteiger partial charge is 0.0702 e. The standard InChI is InChI=1S/C19H17N/c1-15-10-11-17(19-9-5-6-12-20-19)14-18(15)13-16-7-3-2-4-8-16/h2-12,14H,13H2,1H3. The average Bonchev–Trinajstić information content (AvgIpc) is 2.51. The molecule has 0 spiro atoms. The molecule has 98 valence electrons. The van der Waals surface area contributed by atoms with Crippen molar-refractivity contribution in [2.45, 2.75) is 13.3 Å². The molecule has 1 heterocycles. The van der Waals surface area contributed by atoms with Gasteiger partial charge in [-0.25, -0.2) is 0 Å². The third-order valence-electron chi connectivity index (χ3n) is 3.55. The van der Waals surface area contributed by atoms with Crippen LogP contribution in [-0.4, -0.2) is 4.98 Å². The molecule has 1 heteroatoms. The average molecular weight is 259 g/mol. The minimum atomic E-state index is 0.966. The van der Waals surface area contributed by atoms with E-state index in [9.17, 15) is 0 Å². The Kier molecular flexibility index (Phi) is 3.60. The van der Waals surface area contributed by atoms with Crippen LogP contribution < -0.4 is 0 Å². The van der Waals surface area contributed by atoms with Gasteiger partial charge in [-0.1, -0.05) is 48.5 Å². The summed E-state index contributed by atoms with van der Waals surface area (Å²) >= 11 is 0. The molecule has 1 nitrogen and oxygen atoms in total.